The Kier molecular flexibility index (Phi) is 6.34. The smallest absolute Gasteiger partial charge is 0.0581 e. The number of para-hydroxylation sites is 2. The number of rotatable bonds is 4. The molecule has 0 spiro atoms. The van der Waals surface area contributed by atoms with Crippen LogP contribution in [0, 0.1) is 0 Å². The number of hydrogen-bond acceptors (Lipinski definition) is 0. The van der Waals surface area contributed by atoms with E-state index >= 15 is 0 Å². The van der Waals surface area contributed by atoms with Crippen LogP contribution in [0.25, 0.3) is 98.9 Å². The molecule has 0 unspecified atom stereocenters. The van der Waals surface area contributed by atoms with Crippen molar-refractivity contribution in [3.63, 3.8) is 0 Å². The maximum absolute atomic E-state index is 2.44. The van der Waals surface area contributed by atoms with E-state index in [0.29, 0.717) is 0 Å². The minimum absolute atomic E-state index is 1.22. The number of hydrogen-bond donors (Lipinski definition) is 0. The Hall–Kier alpha value is -6.38. The monoisotopic (exact) mass is 638 g/mol. The summed E-state index contributed by atoms with van der Waals surface area (Å²) in [6.45, 7) is 0. The molecule has 0 radical (unpaired) electrons. The van der Waals surface area contributed by atoms with Crippen molar-refractivity contribution in [3.05, 3.63) is 170 Å². The highest BCUT2D eigenvalue weighted by atomic mass is 15.0. The zero-order valence-corrected chi connectivity index (χ0v) is 28.1. The van der Waals surface area contributed by atoms with Crippen LogP contribution < -0.4 is 0 Å². The average Bonchev–Trinajstić information content (AvgIpc) is 3.64. The van der Waals surface area contributed by atoms with Gasteiger partial charge in [0.05, 0.1) is 11.4 Å². The lowest BCUT2D eigenvalue weighted by Gasteiger charge is -2.21. The van der Waals surface area contributed by atoms with Crippen LogP contribution in [0.4, 0.5) is 0 Å². The van der Waals surface area contributed by atoms with Crippen molar-refractivity contribution in [1.82, 2.24) is 9.13 Å². The zero-order valence-electron chi connectivity index (χ0n) is 28.1. The molecule has 236 valence electrons. The summed E-state index contributed by atoms with van der Waals surface area (Å²) in [6.07, 6.45) is 0. The number of aromatic nitrogens is 2. The molecule has 8 aromatic carbocycles. The van der Waals surface area contributed by atoms with E-state index in [9.17, 15) is 0 Å². The number of benzene rings is 8. The summed E-state index contributed by atoms with van der Waals surface area (Å²) >= 11 is 0. The summed E-state index contributed by atoms with van der Waals surface area (Å²) in [7, 11) is 4.47. The largest absolute Gasteiger partial charge is 0.343 e. The molecule has 2 aromatic heterocycles. The van der Waals surface area contributed by atoms with Gasteiger partial charge < -0.3 is 9.13 Å². The third-order valence-corrected chi connectivity index (χ3v) is 10.7. The van der Waals surface area contributed by atoms with E-state index in [1.807, 2.05) is 0 Å². The Labute approximate surface area is 291 Å². The molecular formula is C48H34N2. The lowest BCUT2D eigenvalue weighted by atomic mass is 9.84. The first-order valence-corrected chi connectivity index (χ1v) is 17.3. The Bertz CT molecular complexity index is 2720. The van der Waals surface area contributed by atoms with E-state index in [4.69, 9.17) is 0 Å². The molecule has 2 heterocycles. The van der Waals surface area contributed by atoms with Gasteiger partial charge in [0.1, 0.15) is 0 Å². The lowest BCUT2D eigenvalue weighted by molar-refractivity contribution is 0.980. The van der Waals surface area contributed by atoms with Crippen molar-refractivity contribution in [2.75, 3.05) is 0 Å². The standard InChI is InChI=1S/C48H34N2/c1-49-41-27-15-13-25-37(41)43(31-17-5-3-6-18-31)47(49)45-35-23-11-12-24-36(35)46(40-30-34-22-10-9-21-33(34)29-39(40)45)48-44(32-19-7-4-8-20-32)38-26-14-16-28-42(38)50(48)2/h3-30H,1-2H3. The normalized spacial score (nSPS) is 11.8. The second-order valence-electron chi connectivity index (χ2n) is 13.4. The number of aryl methyl sites for hydroxylation is 2. The first kappa shape index (κ1) is 28.6. The van der Waals surface area contributed by atoms with E-state index in [1.54, 1.807) is 0 Å². The maximum atomic E-state index is 2.44. The summed E-state index contributed by atoms with van der Waals surface area (Å²) in [5.41, 5.74) is 12.4. The minimum atomic E-state index is 1.22. The molecule has 0 N–H and O–H groups in total. The van der Waals surface area contributed by atoms with E-state index in [1.165, 1.54) is 98.9 Å². The second kappa shape index (κ2) is 11.1. The van der Waals surface area contributed by atoms with Crippen LogP contribution in [0.2, 0.25) is 0 Å². The van der Waals surface area contributed by atoms with Crippen LogP contribution in [0.1, 0.15) is 0 Å². The quantitative estimate of drug-likeness (QED) is 0.170. The molecule has 0 aliphatic heterocycles. The molecule has 10 aromatic rings. The molecule has 50 heavy (non-hydrogen) atoms. The summed E-state index contributed by atoms with van der Waals surface area (Å²) < 4.78 is 4.83. The van der Waals surface area contributed by atoms with Gasteiger partial charge in [0.25, 0.3) is 0 Å². The van der Waals surface area contributed by atoms with E-state index in [-0.39, 0.29) is 0 Å². The number of nitrogens with zero attached hydrogens (tertiary/aromatic N) is 2. The molecular weight excluding hydrogens is 605 g/mol. The van der Waals surface area contributed by atoms with Gasteiger partial charge in [0.15, 0.2) is 0 Å². The highest BCUT2D eigenvalue weighted by molar-refractivity contribution is 6.27. The molecule has 0 bridgehead atoms. The first-order valence-electron chi connectivity index (χ1n) is 17.3. The summed E-state index contributed by atoms with van der Waals surface area (Å²) in [4.78, 5) is 0. The molecule has 0 saturated carbocycles. The van der Waals surface area contributed by atoms with E-state index in [0.717, 1.165) is 0 Å². The topological polar surface area (TPSA) is 9.86 Å². The second-order valence-corrected chi connectivity index (χ2v) is 13.4. The summed E-state index contributed by atoms with van der Waals surface area (Å²) in [5.74, 6) is 0. The predicted octanol–water partition coefficient (Wildman–Crippen LogP) is 12.8. The fourth-order valence-electron chi connectivity index (χ4n) is 8.54. The third kappa shape index (κ3) is 4.09. The van der Waals surface area contributed by atoms with Crippen molar-refractivity contribution in [3.8, 4) is 44.8 Å². The molecule has 10 rings (SSSR count). The number of fused-ring (bicyclic) bond motifs is 5. The zero-order chi connectivity index (χ0) is 33.3. The van der Waals surface area contributed by atoms with Crippen molar-refractivity contribution in [2.45, 2.75) is 0 Å². The van der Waals surface area contributed by atoms with Gasteiger partial charge in [-0.2, -0.15) is 0 Å². The van der Waals surface area contributed by atoms with Gasteiger partial charge in [0, 0.05) is 58.2 Å². The Balaban J connectivity index is 1.46. The summed E-state index contributed by atoms with van der Waals surface area (Å²) in [6, 6.07) is 62.3. The highest BCUT2D eigenvalue weighted by Crippen LogP contribution is 2.52. The van der Waals surface area contributed by atoms with Gasteiger partial charge in [-0.05, 0) is 67.7 Å². The van der Waals surface area contributed by atoms with Crippen LogP contribution in [0.3, 0.4) is 0 Å². The fraction of sp³-hybridized carbons (Fsp3) is 0.0417. The van der Waals surface area contributed by atoms with E-state index < -0.39 is 0 Å². The average molecular weight is 639 g/mol. The minimum Gasteiger partial charge on any atom is -0.343 e. The Morgan fingerprint density at radius 3 is 1.06 bits per heavy atom. The van der Waals surface area contributed by atoms with Crippen molar-refractivity contribution < 1.29 is 0 Å². The van der Waals surface area contributed by atoms with E-state index in [2.05, 4.69) is 193 Å². The molecule has 0 fully saturated rings. The molecule has 0 amide bonds. The summed E-state index contributed by atoms with van der Waals surface area (Å²) in [5, 5.41) is 10.0. The van der Waals surface area contributed by atoms with Crippen LogP contribution in [0.5, 0.6) is 0 Å². The molecule has 0 aliphatic rings. The van der Waals surface area contributed by atoms with Crippen LogP contribution in [-0.4, -0.2) is 9.13 Å². The van der Waals surface area contributed by atoms with Crippen molar-refractivity contribution in [1.29, 1.82) is 0 Å². The van der Waals surface area contributed by atoms with Crippen LogP contribution >= 0.6 is 0 Å². The van der Waals surface area contributed by atoms with Crippen molar-refractivity contribution in [2.24, 2.45) is 14.1 Å². The molecule has 0 aliphatic carbocycles. The lowest BCUT2D eigenvalue weighted by Crippen LogP contribution is -1.99. The van der Waals surface area contributed by atoms with Gasteiger partial charge in [-0.1, -0.05) is 146 Å². The van der Waals surface area contributed by atoms with Gasteiger partial charge in [-0.15, -0.1) is 0 Å². The third-order valence-electron chi connectivity index (χ3n) is 10.7. The molecule has 0 saturated heterocycles. The first-order chi connectivity index (χ1) is 24.7. The van der Waals surface area contributed by atoms with Gasteiger partial charge in [-0.3, -0.25) is 0 Å². The molecule has 0 atom stereocenters. The highest BCUT2D eigenvalue weighted by Gasteiger charge is 2.27. The molecule has 2 nitrogen and oxygen atoms in total. The fourth-order valence-corrected chi connectivity index (χ4v) is 8.54. The Morgan fingerprint density at radius 2 is 0.640 bits per heavy atom. The van der Waals surface area contributed by atoms with Crippen LogP contribution in [0.15, 0.2) is 170 Å². The van der Waals surface area contributed by atoms with Crippen LogP contribution in [-0.2, 0) is 14.1 Å². The predicted molar refractivity (Wildman–Crippen MR) is 214 cm³/mol. The van der Waals surface area contributed by atoms with Crippen molar-refractivity contribution >= 4 is 54.1 Å². The van der Waals surface area contributed by atoms with Gasteiger partial charge in [0.2, 0.25) is 0 Å². The Morgan fingerprint density at radius 1 is 0.300 bits per heavy atom. The molecule has 2 heteroatoms. The SMILES string of the molecule is Cn1c(-c2c3ccccc3c(-c3c(-c4ccccc4)c4ccccc4n3C)c3cc4ccccc4cc23)c(-c2ccccc2)c2ccccc21. The van der Waals surface area contributed by atoms with Gasteiger partial charge in [-0.25, -0.2) is 0 Å². The van der Waals surface area contributed by atoms with Gasteiger partial charge >= 0.3 is 0 Å². The maximum Gasteiger partial charge on any atom is 0.0581 e.